The zero-order valence-electron chi connectivity index (χ0n) is 11.9. The number of aliphatic hydroxyl groups is 1. The van der Waals surface area contributed by atoms with Crippen molar-refractivity contribution in [1.82, 2.24) is 5.32 Å². The fourth-order valence-electron chi connectivity index (χ4n) is 2.15. The molecule has 0 aliphatic carbocycles. The number of nitrogens with zero attached hydrogens (tertiary/aromatic N) is 1. The summed E-state index contributed by atoms with van der Waals surface area (Å²) in [6, 6.07) is 13.4. The lowest BCUT2D eigenvalue weighted by Crippen LogP contribution is -2.25. The first kappa shape index (κ1) is 15.7. The fraction of sp³-hybridized carbons (Fsp3) is 0.188. The van der Waals surface area contributed by atoms with Crippen LogP contribution in [0.15, 0.2) is 48.5 Å². The molecule has 2 N–H and O–H groups in total. The number of aliphatic hydroxyl groups excluding tert-OH is 1. The van der Waals surface area contributed by atoms with Crippen molar-refractivity contribution in [3.63, 3.8) is 0 Å². The Bertz CT molecular complexity index is 685. The Balaban J connectivity index is 2.01. The van der Waals surface area contributed by atoms with E-state index in [9.17, 15) is 20.0 Å². The van der Waals surface area contributed by atoms with Gasteiger partial charge in [-0.15, -0.1) is 0 Å². The monoisotopic (exact) mass is 300 g/mol. The minimum atomic E-state index is -0.496. The maximum atomic E-state index is 12.0. The number of nitro benzene ring substituents is 1. The molecule has 0 heterocycles. The molecule has 1 amide bonds. The first-order valence-electron chi connectivity index (χ1n) is 6.78. The van der Waals surface area contributed by atoms with Gasteiger partial charge >= 0.3 is 0 Å². The lowest BCUT2D eigenvalue weighted by molar-refractivity contribution is -0.385. The van der Waals surface area contributed by atoms with Crippen molar-refractivity contribution in [1.29, 1.82) is 0 Å². The van der Waals surface area contributed by atoms with Crippen molar-refractivity contribution in [2.75, 3.05) is 0 Å². The first-order valence-corrected chi connectivity index (χ1v) is 6.78. The number of carbonyl (C=O) groups excluding carboxylic acids is 1. The molecular formula is C16H16N2O4. The molecule has 2 aromatic carbocycles. The van der Waals surface area contributed by atoms with Gasteiger partial charge in [0.15, 0.2) is 0 Å². The molecule has 0 bridgehead atoms. The molecule has 6 nitrogen and oxygen atoms in total. The topological polar surface area (TPSA) is 92.5 Å². The zero-order chi connectivity index (χ0) is 15.9. The van der Waals surface area contributed by atoms with Gasteiger partial charge in [0.25, 0.3) is 5.69 Å². The highest BCUT2D eigenvalue weighted by atomic mass is 16.6. The number of hydrogen-bond acceptors (Lipinski definition) is 4. The van der Waals surface area contributed by atoms with E-state index in [0.717, 1.165) is 11.1 Å². The second-order valence-electron chi connectivity index (χ2n) is 4.77. The molecule has 6 heteroatoms. The van der Waals surface area contributed by atoms with Crippen LogP contribution in [0.2, 0.25) is 0 Å². The van der Waals surface area contributed by atoms with E-state index < -0.39 is 4.92 Å². The van der Waals surface area contributed by atoms with Crippen molar-refractivity contribution in [2.24, 2.45) is 0 Å². The average Bonchev–Trinajstić information content (AvgIpc) is 2.53. The Morgan fingerprint density at radius 3 is 2.27 bits per heavy atom. The van der Waals surface area contributed by atoms with Crippen molar-refractivity contribution in [3.05, 3.63) is 75.3 Å². The van der Waals surface area contributed by atoms with Gasteiger partial charge in [0.1, 0.15) is 0 Å². The molecule has 0 unspecified atom stereocenters. The molecule has 0 aliphatic heterocycles. The van der Waals surface area contributed by atoms with Crippen LogP contribution in [-0.2, 0) is 24.4 Å². The molecule has 0 saturated carbocycles. The van der Waals surface area contributed by atoms with Crippen LogP contribution in [0, 0.1) is 10.1 Å². The van der Waals surface area contributed by atoms with Crippen LogP contribution in [0.4, 0.5) is 5.69 Å². The fourth-order valence-corrected chi connectivity index (χ4v) is 2.15. The van der Waals surface area contributed by atoms with E-state index in [4.69, 9.17) is 0 Å². The van der Waals surface area contributed by atoms with E-state index in [-0.39, 0.29) is 31.2 Å². The Morgan fingerprint density at radius 1 is 1.05 bits per heavy atom. The second-order valence-corrected chi connectivity index (χ2v) is 4.77. The summed E-state index contributed by atoms with van der Waals surface area (Å²) >= 11 is 0. The predicted molar refractivity (Wildman–Crippen MR) is 81.0 cm³/mol. The van der Waals surface area contributed by atoms with Crippen LogP contribution >= 0.6 is 0 Å². The lowest BCUT2D eigenvalue weighted by Gasteiger charge is -2.09. The molecule has 0 saturated heterocycles. The molecule has 0 spiro atoms. The molecule has 0 aromatic heterocycles. The van der Waals surface area contributed by atoms with Crippen LogP contribution in [0.5, 0.6) is 0 Å². The lowest BCUT2D eigenvalue weighted by atomic mass is 10.1. The van der Waals surface area contributed by atoms with E-state index >= 15 is 0 Å². The quantitative estimate of drug-likeness (QED) is 0.630. The summed E-state index contributed by atoms with van der Waals surface area (Å²) in [6.45, 7) is 0.173. The Morgan fingerprint density at radius 2 is 1.64 bits per heavy atom. The number of carbonyl (C=O) groups is 1. The number of hydrogen-bond donors (Lipinski definition) is 2. The van der Waals surface area contributed by atoms with Crippen LogP contribution in [0.3, 0.4) is 0 Å². The first-order chi connectivity index (χ1) is 10.6. The van der Waals surface area contributed by atoms with Gasteiger partial charge in [-0.25, -0.2) is 0 Å². The van der Waals surface area contributed by atoms with Gasteiger partial charge in [-0.2, -0.15) is 0 Å². The number of benzene rings is 2. The van der Waals surface area contributed by atoms with Crippen molar-refractivity contribution >= 4 is 11.6 Å². The van der Waals surface area contributed by atoms with Gasteiger partial charge in [0.2, 0.25) is 5.91 Å². The highest BCUT2D eigenvalue weighted by molar-refractivity contribution is 5.79. The van der Waals surface area contributed by atoms with E-state index in [1.807, 2.05) is 18.2 Å². The summed E-state index contributed by atoms with van der Waals surface area (Å²) < 4.78 is 0. The maximum Gasteiger partial charge on any atom is 0.273 e. The van der Waals surface area contributed by atoms with Gasteiger partial charge in [0.05, 0.1) is 18.0 Å². The Labute approximate surface area is 127 Å². The van der Waals surface area contributed by atoms with Crippen molar-refractivity contribution in [3.8, 4) is 0 Å². The van der Waals surface area contributed by atoms with Crippen LogP contribution in [0.25, 0.3) is 0 Å². The van der Waals surface area contributed by atoms with E-state index in [2.05, 4.69) is 5.32 Å². The van der Waals surface area contributed by atoms with Crippen LogP contribution in [-0.4, -0.2) is 15.9 Å². The molecule has 0 radical (unpaired) electrons. The minimum Gasteiger partial charge on any atom is -0.392 e. The van der Waals surface area contributed by atoms with E-state index in [1.165, 1.54) is 6.07 Å². The van der Waals surface area contributed by atoms with Crippen LogP contribution < -0.4 is 5.32 Å². The van der Waals surface area contributed by atoms with Gasteiger partial charge in [-0.05, 0) is 11.1 Å². The third kappa shape index (κ3) is 3.89. The summed E-state index contributed by atoms with van der Waals surface area (Å²) in [6.07, 6.45) is -0.0571. The van der Waals surface area contributed by atoms with Gasteiger partial charge < -0.3 is 10.4 Å². The van der Waals surface area contributed by atoms with Crippen molar-refractivity contribution < 1.29 is 14.8 Å². The molecule has 2 rings (SSSR count). The van der Waals surface area contributed by atoms with E-state index in [0.29, 0.717) is 5.56 Å². The van der Waals surface area contributed by atoms with Crippen LogP contribution in [0.1, 0.15) is 16.7 Å². The number of rotatable bonds is 6. The molecular weight excluding hydrogens is 284 g/mol. The summed E-state index contributed by atoms with van der Waals surface area (Å²) in [5, 5.41) is 22.9. The number of para-hydroxylation sites is 1. The standard InChI is InChI=1S/C16H16N2O4/c19-11-14-7-2-1-6-13(14)10-17-16(20)9-12-5-3-4-8-15(12)18(21)22/h1-8,19H,9-11H2,(H,17,20). The number of nitrogens with one attached hydrogen (secondary N) is 1. The predicted octanol–water partition coefficient (Wildman–Crippen LogP) is 1.95. The van der Waals surface area contributed by atoms with Gasteiger partial charge in [0, 0.05) is 18.2 Å². The highest BCUT2D eigenvalue weighted by Crippen LogP contribution is 2.18. The SMILES string of the molecule is O=C(Cc1ccccc1[N+](=O)[O-])NCc1ccccc1CO. The van der Waals surface area contributed by atoms with Gasteiger partial charge in [-0.3, -0.25) is 14.9 Å². The third-order valence-corrected chi connectivity index (χ3v) is 3.30. The average molecular weight is 300 g/mol. The molecule has 114 valence electrons. The largest absolute Gasteiger partial charge is 0.392 e. The molecule has 22 heavy (non-hydrogen) atoms. The molecule has 0 aliphatic rings. The smallest absolute Gasteiger partial charge is 0.273 e. The molecule has 2 aromatic rings. The minimum absolute atomic E-state index is 0.0571. The highest BCUT2D eigenvalue weighted by Gasteiger charge is 2.15. The Kier molecular flexibility index (Phi) is 5.21. The maximum absolute atomic E-state index is 12.0. The zero-order valence-corrected chi connectivity index (χ0v) is 11.9. The third-order valence-electron chi connectivity index (χ3n) is 3.30. The van der Waals surface area contributed by atoms with Crippen molar-refractivity contribution in [2.45, 2.75) is 19.6 Å². The molecule has 0 atom stereocenters. The summed E-state index contributed by atoms with van der Waals surface area (Å²) in [5.74, 6) is -0.304. The van der Waals surface area contributed by atoms with E-state index in [1.54, 1.807) is 24.3 Å². The normalized spacial score (nSPS) is 10.2. The number of amides is 1. The Hall–Kier alpha value is -2.73. The number of nitro groups is 1. The summed E-state index contributed by atoms with van der Waals surface area (Å²) in [4.78, 5) is 22.4. The van der Waals surface area contributed by atoms with Gasteiger partial charge in [-0.1, -0.05) is 42.5 Å². The molecule has 0 fully saturated rings. The second kappa shape index (κ2) is 7.33. The summed E-state index contributed by atoms with van der Waals surface area (Å²) in [7, 11) is 0. The summed E-state index contributed by atoms with van der Waals surface area (Å²) in [5.41, 5.74) is 1.88.